The van der Waals surface area contributed by atoms with Crippen LogP contribution in [0.25, 0.3) is 5.82 Å². The Kier molecular flexibility index (Phi) is 5.74. The summed E-state index contributed by atoms with van der Waals surface area (Å²) in [5, 5.41) is 4.41. The van der Waals surface area contributed by atoms with Crippen molar-refractivity contribution in [3.8, 4) is 17.3 Å². The van der Waals surface area contributed by atoms with Gasteiger partial charge in [-0.3, -0.25) is 4.79 Å². The lowest BCUT2D eigenvalue weighted by Crippen LogP contribution is -2.50. The van der Waals surface area contributed by atoms with Crippen molar-refractivity contribution in [2.24, 2.45) is 0 Å². The summed E-state index contributed by atoms with van der Waals surface area (Å²) in [6.07, 6.45) is 1.53. The second-order valence-corrected chi connectivity index (χ2v) is 10.2. The Balaban J connectivity index is 1.25. The van der Waals surface area contributed by atoms with Gasteiger partial charge in [-0.25, -0.2) is 18.1 Å². The first kappa shape index (κ1) is 22.4. The van der Waals surface area contributed by atoms with Crippen molar-refractivity contribution < 1.29 is 22.7 Å². The van der Waals surface area contributed by atoms with Gasteiger partial charge in [-0.1, -0.05) is 0 Å². The van der Waals surface area contributed by atoms with E-state index in [2.05, 4.69) is 10.1 Å². The second-order valence-electron chi connectivity index (χ2n) is 8.25. The zero-order chi connectivity index (χ0) is 23.9. The van der Waals surface area contributed by atoms with Crippen molar-refractivity contribution in [1.29, 1.82) is 0 Å². The number of fused-ring (bicyclic) bond motifs is 1. The number of ether oxygens (including phenoxy) is 2. The number of carbonyl (C=O) groups is 1. The average Bonchev–Trinajstić information content (AvgIpc) is 3.21. The van der Waals surface area contributed by atoms with Gasteiger partial charge < -0.3 is 14.4 Å². The van der Waals surface area contributed by atoms with Crippen LogP contribution in [0.15, 0.2) is 47.5 Å². The predicted molar refractivity (Wildman–Crippen MR) is 123 cm³/mol. The minimum absolute atomic E-state index is 0.153. The lowest BCUT2D eigenvalue weighted by molar-refractivity contribution is 0.0697. The largest absolute Gasteiger partial charge is 0.486 e. The zero-order valence-corrected chi connectivity index (χ0v) is 19.8. The fourth-order valence-corrected chi connectivity index (χ4v) is 5.58. The fraction of sp³-hybridized carbons (Fsp3) is 0.348. The molecule has 0 unspecified atom stereocenters. The maximum atomic E-state index is 13.1. The third kappa shape index (κ3) is 4.12. The Morgan fingerprint density at radius 1 is 0.941 bits per heavy atom. The maximum Gasteiger partial charge on any atom is 0.255 e. The molecule has 2 aliphatic rings. The molecule has 1 aromatic carbocycles. The average molecular weight is 484 g/mol. The monoisotopic (exact) mass is 483 g/mol. The lowest BCUT2D eigenvalue weighted by Gasteiger charge is -2.34. The number of aryl methyl sites for hydroxylation is 2. The van der Waals surface area contributed by atoms with E-state index >= 15 is 0 Å². The maximum absolute atomic E-state index is 13.1. The molecule has 1 amide bonds. The van der Waals surface area contributed by atoms with E-state index < -0.39 is 10.0 Å². The molecule has 2 aromatic heterocycles. The molecule has 0 atom stereocenters. The van der Waals surface area contributed by atoms with Crippen LogP contribution in [-0.4, -0.2) is 77.7 Å². The van der Waals surface area contributed by atoms with Crippen LogP contribution in [0.5, 0.6) is 11.5 Å². The first-order chi connectivity index (χ1) is 16.3. The van der Waals surface area contributed by atoms with Crippen LogP contribution in [0, 0.1) is 13.8 Å². The zero-order valence-electron chi connectivity index (χ0n) is 19.0. The molecule has 0 saturated carbocycles. The highest BCUT2D eigenvalue weighted by molar-refractivity contribution is 7.89. The molecule has 0 bridgehead atoms. The molecule has 10 nitrogen and oxygen atoms in total. The lowest BCUT2D eigenvalue weighted by atomic mass is 10.2. The van der Waals surface area contributed by atoms with Gasteiger partial charge in [-0.15, -0.1) is 0 Å². The Bertz CT molecular complexity index is 1330. The van der Waals surface area contributed by atoms with E-state index in [1.165, 1.54) is 22.6 Å². The molecule has 4 heterocycles. The minimum Gasteiger partial charge on any atom is -0.486 e. The molecular formula is C23H25N5O5S. The van der Waals surface area contributed by atoms with E-state index in [1.54, 1.807) is 27.8 Å². The molecule has 178 valence electrons. The number of piperazine rings is 1. The van der Waals surface area contributed by atoms with Gasteiger partial charge in [0, 0.05) is 44.1 Å². The molecule has 0 spiro atoms. The van der Waals surface area contributed by atoms with Crippen LogP contribution < -0.4 is 9.47 Å². The fourth-order valence-electron chi connectivity index (χ4n) is 4.15. The number of pyridine rings is 1. The summed E-state index contributed by atoms with van der Waals surface area (Å²) >= 11 is 0. The highest BCUT2D eigenvalue weighted by Gasteiger charge is 2.31. The molecule has 3 aromatic rings. The van der Waals surface area contributed by atoms with Crippen molar-refractivity contribution in [1.82, 2.24) is 24.0 Å². The first-order valence-electron chi connectivity index (χ1n) is 11.0. The topological polar surface area (TPSA) is 107 Å². The van der Waals surface area contributed by atoms with Crippen LogP contribution in [0.1, 0.15) is 21.7 Å². The standard InChI is InChI=1S/C23H25N5O5S/c1-16-13-17(2)28(25-16)22-6-3-18(15-24-22)23(29)26-7-9-27(10-8-26)34(30,31)19-4-5-20-21(14-19)33-12-11-32-20/h3-6,13-15H,7-12H2,1-2H3. The minimum atomic E-state index is -3.71. The van der Waals surface area contributed by atoms with Crippen molar-refractivity contribution in [2.75, 3.05) is 39.4 Å². The van der Waals surface area contributed by atoms with E-state index in [-0.39, 0.29) is 23.9 Å². The van der Waals surface area contributed by atoms with E-state index in [9.17, 15) is 13.2 Å². The van der Waals surface area contributed by atoms with Gasteiger partial charge in [0.1, 0.15) is 13.2 Å². The summed E-state index contributed by atoms with van der Waals surface area (Å²) in [6, 6.07) is 10.1. The van der Waals surface area contributed by atoms with Crippen LogP contribution >= 0.6 is 0 Å². The highest BCUT2D eigenvalue weighted by atomic mass is 32.2. The van der Waals surface area contributed by atoms with Gasteiger partial charge in [-0.2, -0.15) is 9.40 Å². The molecule has 0 aliphatic carbocycles. The van der Waals surface area contributed by atoms with Crippen molar-refractivity contribution >= 4 is 15.9 Å². The SMILES string of the molecule is Cc1cc(C)n(-c2ccc(C(=O)N3CCN(S(=O)(=O)c4ccc5c(c4)OCCO5)CC3)cn2)n1. The number of carbonyl (C=O) groups excluding carboxylic acids is 1. The quantitative estimate of drug-likeness (QED) is 0.557. The summed E-state index contributed by atoms with van der Waals surface area (Å²) in [5.41, 5.74) is 2.30. The smallest absolute Gasteiger partial charge is 0.255 e. The number of amides is 1. The van der Waals surface area contributed by atoms with Gasteiger partial charge >= 0.3 is 0 Å². The first-order valence-corrected chi connectivity index (χ1v) is 12.5. The Morgan fingerprint density at radius 3 is 2.32 bits per heavy atom. The van der Waals surface area contributed by atoms with E-state index in [1.807, 2.05) is 19.9 Å². The van der Waals surface area contributed by atoms with Crippen LogP contribution in [-0.2, 0) is 10.0 Å². The van der Waals surface area contributed by atoms with Gasteiger partial charge in [0.05, 0.1) is 16.2 Å². The molecule has 0 N–H and O–H groups in total. The van der Waals surface area contributed by atoms with Gasteiger partial charge in [0.2, 0.25) is 10.0 Å². The van der Waals surface area contributed by atoms with Crippen LogP contribution in [0.4, 0.5) is 0 Å². The van der Waals surface area contributed by atoms with Gasteiger partial charge in [0.25, 0.3) is 5.91 Å². The number of sulfonamides is 1. The summed E-state index contributed by atoms with van der Waals surface area (Å²) < 4.78 is 40.4. The predicted octanol–water partition coefficient (Wildman–Crippen LogP) is 1.80. The molecule has 34 heavy (non-hydrogen) atoms. The van der Waals surface area contributed by atoms with Crippen molar-refractivity contribution in [3.05, 3.63) is 59.5 Å². The summed E-state index contributed by atoms with van der Waals surface area (Å²) in [7, 11) is -3.71. The molecule has 0 radical (unpaired) electrons. The summed E-state index contributed by atoms with van der Waals surface area (Å²) in [6.45, 7) is 5.68. The third-order valence-electron chi connectivity index (χ3n) is 5.90. The number of hydrogen-bond donors (Lipinski definition) is 0. The number of rotatable bonds is 4. The van der Waals surface area contributed by atoms with Crippen LogP contribution in [0.3, 0.4) is 0 Å². The van der Waals surface area contributed by atoms with Crippen LogP contribution in [0.2, 0.25) is 0 Å². The molecule has 1 fully saturated rings. The summed E-state index contributed by atoms with van der Waals surface area (Å²) in [4.78, 5) is 19.2. The molecule has 2 aliphatic heterocycles. The molecule has 11 heteroatoms. The van der Waals surface area contributed by atoms with Gasteiger partial charge in [-0.05, 0) is 44.2 Å². The number of benzene rings is 1. The van der Waals surface area contributed by atoms with E-state index in [0.29, 0.717) is 49.2 Å². The number of nitrogens with zero attached hydrogens (tertiary/aromatic N) is 5. The highest BCUT2D eigenvalue weighted by Crippen LogP contribution is 2.33. The molecule has 5 rings (SSSR count). The Morgan fingerprint density at radius 2 is 1.68 bits per heavy atom. The summed E-state index contributed by atoms with van der Waals surface area (Å²) in [5.74, 6) is 1.43. The van der Waals surface area contributed by atoms with E-state index in [0.717, 1.165) is 11.4 Å². The van der Waals surface area contributed by atoms with Crippen molar-refractivity contribution in [3.63, 3.8) is 0 Å². The Labute approximate surface area is 197 Å². The van der Waals surface area contributed by atoms with Gasteiger partial charge in [0.15, 0.2) is 17.3 Å². The second kappa shape index (κ2) is 8.73. The number of aromatic nitrogens is 3. The van der Waals surface area contributed by atoms with Crippen molar-refractivity contribution in [2.45, 2.75) is 18.7 Å². The Hall–Kier alpha value is -3.44. The molecular weight excluding hydrogens is 458 g/mol. The third-order valence-corrected chi connectivity index (χ3v) is 7.79. The normalized spacial score (nSPS) is 16.5. The molecule has 1 saturated heterocycles. The number of hydrogen-bond acceptors (Lipinski definition) is 7. The van der Waals surface area contributed by atoms with E-state index in [4.69, 9.17) is 9.47 Å².